The lowest BCUT2D eigenvalue weighted by atomic mass is 10.0. The van der Waals surface area contributed by atoms with E-state index in [-0.39, 0.29) is 34.9 Å². The molecule has 72 heavy (non-hydrogen) atoms. The Morgan fingerprint density at radius 1 is 0.583 bits per heavy atom. The maximum absolute atomic E-state index is 11.8. The molecule has 0 saturated heterocycles. The molecule has 6 aromatic carbocycles. The Labute approximate surface area is 413 Å². The maximum Gasteiger partial charge on any atom is 0.743 e. The highest BCUT2D eigenvalue weighted by Gasteiger charge is 2.45. The van der Waals surface area contributed by atoms with Gasteiger partial charge in [-0.3, -0.25) is 0 Å². The quantitative estimate of drug-likeness (QED) is 0.0852. The number of ether oxygens (including phenoxy) is 2. The molecule has 350 valence electrons. The average Bonchev–Trinajstić information content (AvgIpc) is 4.26. The molecule has 16 heteroatoms. The molecule has 0 fully saturated rings. The van der Waals surface area contributed by atoms with E-state index in [0.29, 0.717) is 114 Å². The van der Waals surface area contributed by atoms with E-state index in [1.807, 2.05) is 142 Å². The highest BCUT2D eigenvalue weighted by Crippen LogP contribution is 2.42. The van der Waals surface area contributed by atoms with Crippen LogP contribution in [-0.2, 0) is 0 Å². The van der Waals surface area contributed by atoms with Crippen molar-refractivity contribution in [3.63, 3.8) is 0 Å². The number of para-hydroxylation sites is 8. The number of rotatable bonds is 12. The predicted octanol–water partition coefficient (Wildman–Crippen LogP) is 10.5. The van der Waals surface area contributed by atoms with Crippen molar-refractivity contribution in [3.8, 4) is 63.1 Å². The molecular weight excluding hydrogens is 906 g/mol. The maximum atomic E-state index is 11.8. The molecule has 2 aliphatic rings. The zero-order valence-corrected chi connectivity index (χ0v) is 39.5. The lowest BCUT2D eigenvalue weighted by Gasteiger charge is -2.17. The highest BCUT2D eigenvalue weighted by atomic mass is 16.7. The molecule has 4 aromatic heterocycles. The van der Waals surface area contributed by atoms with E-state index in [9.17, 15) is 11.8 Å². The van der Waals surface area contributed by atoms with Crippen LogP contribution < -0.4 is 38.8 Å². The van der Waals surface area contributed by atoms with Crippen LogP contribution in [0.4, 0.5) is 0 Å². The Kier molecular flexibility index (Phi) is 10.9. The van der Waals surface area contributed by atoms with E-state index in [2.05, 4.69) is 38.6 Å². The minimum Gasteiger partial charge on any atom is -0.503 e. The molecule has 6 heterocycles. The Bertz CT molecular complexity index is 3620. The third-order valence-corrected chi connectivity index (χ3v) is 12.3. The summed E-state index contributed by atoms with van der Waals surface area (Å²) in [7, 11) is -2.46. The van der Waals surface area contributed by atoms with E-state index in [1.165, 1.54) is 0 Å². The summed E-state index contributed by atoms with van der Waals surface area (Å²) in [4.78, 5) is 14.2. The van der Waals surface area contributed by atoms with Crippen LogP contribution in [0, 0.1) is 29.7 Å². The number of hydrogen-bond acceptors (Lipinski definition) is 11. The molecule has 0 unspecified atom stereocenters. The van der Waals surface area contributed by atoms with Crippen LogP contribution in [0.25, 0.3) is 71.6 Å². The summed E-state index contributed by atoms with van der Waals surface area (Å²) in [6.07, 6.45) is 0. The fourth-order valence-electron chi connectivity index (χ4n) is 9.20. The number of oxazole rings is 2. The summed E-state index contributed by atoms with van der Waals surface area (Å²) in [6.45, 7) is 18.4. The Morgan fingerprint density at radius 2 is 1.01 bits per heavy atom. The van der Waals surface area contributed by atoms with Crippen LogP contribution in [0.3, 0.4) is 0 Å². The van der Waals surface area contributed by atoms with Crippen molar-refractivity contribution in [3.05, 3.63) is 179 Å². The second-order valence-corrected chi connectivity index (χ2v) is 18.2. The summed E-state index contributed by atoms with van der Waals surface area (Å²) in [5.41, 5.74) is 4.32. The SMILES string of the molecule is [C-]#[N+]/C(c1nc2ccccc2o1)=c1\c2c(-c3cccc(OCC(C)C)c3)n(B3Oc4ccccc4O3)/c(=C(/C#N)c3nc4ccccc4o3)c2c(-c2cccc(OCC(C)C)c2)n1B1Oc2ccccc2O1. The summed E-state index contributed by atoms with van der Waals surface area (Å²) in [5.74, 6) is 3.66. The molecule has 0 atom stereocenters. The molecule has 0 amide bonds. The van der Waals surface area contributed by atoms with Crippen LogP contribution in [0.5, 0.6) is 34.5 Å². The van der Waals surface area contributed by atoms with E-state index in [1.54, 1.807) is 12.1 Å². The molecule has 2 aliphatic heterocycles. The zero-order valence-electron chi connectivity index (χ0n) is 39.5. The standard InChI is InChI=1S/C56H42B2N6O8/c1-33(2)31-65-37-18-14-16-35(28-37)51-48-49(54(64(51)58-71-46-26-12-13-27-47(46)72-58)50(60-5)56-62-41-21-7-9-23-43(41)68-56)52(36-17-15-19-38(29-36)66-32-34(3)4)63(57-69-44-24-10-11-25-45(44)70-57)53(48)39(30-59)55-61-40-20-6-8-22-42(40)67-55/h6-29,33-34H,31-32H2,1-4H3/b53-39-,54-50+. The molecule has 0 radical (unpaired) electrons. The zero-order chi connectivity index (χ0) is 49.0. The van der Waals surface area contributed by atoms with Gasteiger partial charge in [-0.15, -0.1) is 0 Å². The van der Waals surface area contributed by atoms with Gasteiger partial charge in [-0.25, -0.2) is 14.8 Å². The highest BCUT2D eigenvalue weighted by molar-refractivity contribution is 6.49. The van der Waals surface area contributed by atoms with Gasteiger partial charge in [0.05, 0.1) is 41.9 Å². The van der Waals surface area contributed by atoms with Crippen LogP contribution in [0.1, 0.15) is 39.5 Å². The molecule has 14 nitrogen and oxygen atoms in total. The number of aromatic nitrogens is 4. The first-order valence-corrected chi connectivity index (χ1v) is 23.6. The van der Waals surface area contributed by atoms with Crippen molar-refractivity contribution < 1.29 is 36.9 Å². The molecule has 0 saturated carbocycles. The third-order valence-electron chi connectivity index (χ3n) is 12.3. The summed E-state index contributed by atoms with van der Waals surface area (Å²) >= 11 is 0. The van der Waals surface area contributed by atoms with Crippen molar-refractivity contribution in [2.75, 3.05) is 13.2 Å². The largest absolute Gasteiger partial charge is 0.743 e. The van der Waals surface area contributed by atoms with Crippen LogP contribution in [0.15, 0.2) is 154 Å². The smallest absolute Gasteiger partial charge is 0.503 e. The van der Waals surface area contributed by atoms with Gasteiger partial charge in [-0.05, 0) is 84.6 Å². The Balaban J connectivity index is 1.34. The molecule has 0 spiro atoms. The molecule has 10 aromatic rings. The van der Waals surface area contributed by atoms with E-state index < -0.39 is 14.5 Å². The number of benzene rings is 6. The summed E-state index contributed by atoms with van der Waals surface area (Å²) < 4.78 is 56.8. The van der Waals surface area contributed by atoms with Gasteiger partial charge in [0.25, 0.3) is 5.70 Å². The summed E-state index contributed by atoms with van der Waals surface area (Å²) in [5, 5.41) is 13.3. The predicted molar refractivity (Wildman–Crippen MR) is 274 cm³/mol. The summed E-state index contributed by atoms with van der Waals surface area (Å²) in [6, 6.07) is 47.3. The van der Waals surface area contributed by atoms with E-state index in [0.717, 1.165) is 0 Å². The molecular formula is C56H42B2N6O8. The van der Waals surface area contributed by atoms with Crippen molar-refractivity contribution in [2.24, 2.45) is 11.8 Å². The lowest BCUT2D eigenvalue weighted by molar-refractivity contribution is 0.271. The topological polar surface area (TPSA) is 145 Å². The first-order chi connectivity index (χ1) is 35.2. The van der Waals surface area contributed by atoms with Crippen LogP contribution in [0.2, 0.25) is 0 Å². The fourth-order valence-corrected chi connectivity index (χ4v) is 9.20. The Hall–Kier alpha value is -9.27. The monoisotopic (exact) mass is 948 g/mol. The van der Waals surface area contributed by atoms with Crippen molar-refractivity contribution in [1.29, 1.82) is 5.26 Å². The van der Waals surface area contributed by atoms with E-state index >= 15 is 0 Å². The van der Waals surface area contributed by atoms with Crippen molar-refractivity contribution in [2.45, 2.75) is 27.7 Å². The van der Waals surface area contributed by atoms with Gasteiger partial charge in [-0.1, -0.05) is 100 Å². The lowest BCUT2D eigenvalue weighted by Crippen LogP contribution is -2.44. The minimum atomic E-state index is -1.23. The normalized spacial score (nSPS) is 13.6. The number of hydrogen-bond donors (Lipinski definition) is 0. The second-order valence-electron chi connectivity index (χ2n) is 18.2. The minimum absolute atomic E-state index is 0.0203. The molecule has 12 rings (SSSR count). The average molecular weight is 949 g/mol. The number of fused-ring (bicyclic) bond motifs is 5. The van der Waals surface area contributed by atoms with Crippen molar-refractivity contribution >= 4 is 58.7 Å². The van der Waals surface area contributed by atoms with Gasteiger partial charge in [0, 0.05) is 21.9 Å². The first kappa shape index (κ1) is 44.0. The van der Waals surface area contributed by atoms with Gasteiger partial charge in [-0.2, -0.15) is 5.26 Å². The van der Waals surface area contributed by atoms with Gasteiger partial charge in [0.15, 0.2) is 11.2 Å². The van der Waals surface area contributed by atoms with Crippen LogP contribution in [-0.4, -0.2) is 46.6 Å². The van der Waals surface area contributed by atoms with Gasteiger partial charge in [0.2, 0.25) is 11.8 Å². The van der Waals surface area contributed by atoms with Gasteiger partial charge >= 0.3 is 14.5 Å². The number of nitriles is 1. The second kappa shape index (κ2) is 17.9. The van der Waals surface area contributed by atoms with E-state index in [4.69, 9.17) is 46.9 Å². The molecule has 0 bridgehead atoms. The van der Waals surface area contributed by atoms with Crippen molar-refractivity contribution in [1.82, 2.24) is 18.9 Å². The fraction of sp³-hybridized carbons (Fsp3) is 0.143. The van der Waals surface area contributed by atoms with Gasteiger partial charge < -0.3 is 45.9 Å². The van der Waals surface area contributed by atoms with Gasteiger partial charge in [0.1, 0.15) is 57.2 Å². The van der Waals surface area contributed by atoms with Crippen LogP contribution >= 0.6 is 0 Å². The third kappa shape index (κ3) is 7.61. The first-order valence-electron chi connectivity index (χ1n) is 23.6. The Morgan fingerprint density at radius 3 is 1.47 bits per heavy atom. The number of nitrogens with zero attached hydrogens (tertiary/aromatic N) is 6. The molecule has 0 N–H and O–H groups in total. The molecule has 0 aliphatic carbocycles.